The van der Waals surface area contributed by atoms with Crippen molar-refractivity contribution >= 4 is 11.7 Å². The van der Waals surface area contributed by atoms with E-state index in [0.717, 1.165) is 13.0 Å². The molecule has 1 amide bonds. The molecule has 2 heterocycles. The van der Waals surface area contributed by atoms with Crippen LogP contribution in [0.25, 0.3) is 0 Å². The number of nitrogens with zero attached hydrogens (tertiary/aromatic N) is 4. The first-order chi connectivity index (χ1) is 7.22. The van der Waals surface area contributed by atoms with Crippen molar-refractivity contribution in [3.8, 4) is 6.07 Å². The predicted molar refractivity (Wildman–Crippen MR) is 51.7 cm³/mol. The first-order valence-electron chi connectivity index (χ1n) is 4.52. The van der Waals surface area contributed by atoms with Gasteiger partial charge < -0.3 is 10.6 Å². The van der Waals surface area contributed by atoms with E-state index < -0.39 is 0 Å². The monoisotopic (exact) mass is 203 g/mol. The molecule has 0 aliphatic carbocycles. The van der Waals surface area contributed by atoms with Crippen LogP contribution in [0, 0.1) is 11.3 Å². The molecule has 0 bridgehead atoms. The number of nitriles is 1. The Labute approximate surface area is 86.3 Å². The summed E-state index contributed by atoms with van der Waals surface area (Å²) < 4.78 is 0. The highest BCUT2D eigenvalue weighted by Crippen LogP contribution is 2.23. The van der Waals surface area contributed by atoms with Crippen LogP contribution in [0.1, 0.15) is 12.1 Å². The van der Waals surface area contributed by atoms with Gasteiger partial charge in [0.05, 0.1) is 0 Å². The molecule has 1 atom stereocenters. The summed E-state index contributed by atoms with van der Waals surface area (Å²) in [7, 11) is 0. The smallest absolute Gasteiger partial charge is 0.240 e. The lowest BCUT2D eigenvalue weighted by atomic mass is 10.0. The Kier molecular flexibility index (Phi) is 2.21. The van der Waals surface area contributed by atoms with E-state index in [1.807, 2.05) is 6.07 Å². The Hall–Kier alpha value is -2.16. The first-order valence-corrected chi connectivity index (χ1v) is 4.52. The zero-order chi connectivity index (χ0) is 10.8. The Morgan fingerprint density at radius 3 is 2.80 bits per heavy atom. The van der Waals surface area contributed by atoms with Gasteiger partial charge in [0.2, 0.25) is 5.91 Å². The molecular weight excluding hydrogens is 194 g/mol. The largest absolute Gasteiger partial charge is 0.368 e. The van der Waals surface area contributed by atoms with Crippen molar-refractivity contribution in [1.29, 1.82) is 5.26 Å². The number of aromatic nitrogens is 2. The van der Waals surface area contributed by atoms with Gasteiger partial charge in [-0.05, 0) is 18.6 Å². The molecule has 1 aromatic rings. The maximum atomic E-state index is 11.0. The predicted octanol–water partition coefficient (Wildman–Crippen LogP) is -0.588. The average molecular weight is 203 g/mol. The van der Waals surface area contributed by atoms with Crippen LogP contribution in [0.4, 0.5) is 5.82 Å². The Bertz CT molecular complexity index is 421. The van der Waals surface area contributed by atoms with E-state index in [1.54, 1.807) is 17.0 Å². The molecule has 0 saturated carbocycles. The lowest BCUT2D eigenvalue weighted by Crippen LogP contribution is -2.55. The van der Waals surface area contributed by atoms with Crippen LogP contribution in [0.15, 0.2) is 12.1 Å². The lowest BCUT2D eigenvalue weighted by molar-refractivity contribution is -0.120. The summed E-state index contributed by atoms with van der Waals surface area (Å²) in [4.78, 5) is 12.7. The minimum Gasteiger partial charge on any atom is -0.368 e. The molecule has 0 radical (unpaired) electrons. The summed E-state index contributed by atoms with van der Waals surface area (Å²) in [5.41, 5.74) is 5.46. The number of amides is 1. The van der Waals surface area contributed by atoms with E-state index >= 15 is 0 Å². The lowest BCUT2D eigenvalue weighted by Gasteiger charge is -2.39. The van der Waals surface area contributed by atoms with Gasteiger partial charge in [-0.25, -0.2) is 0 Å². The van der Waals surface area contributed by atoms with Gasteiger partial charge in [0, 0.05) is 6.54 Å². The number of primary amides is 1. The van der Waals surface area contributed by atoms with Crippen molar-refractivity contribution in [3.63, 3.8) is 0 Å². The minimum atomic E-state index is -0.354. The number of anilines is 1. The van der Waals surface area contributed by atoms with Gasteiger partial charge in [-0.3, -0.25) is 4.79 Å². The van der Waals surface area contributed by atoms with Crippen LogP contribution in [-0.2, 0) is 4.79 Å². The fourth-order valence-electron chi connectivity index (χ4n) is 1.50. The van der Waals surface area contributed by atoms with Crippen LogP contribution in [0.3, 0.4) is 0 Å². The quantitative estimate of drug-likeness (QED) is 0.693. The molecule has 1 unspecified atom stereocenters. The molecule has 6 heteroatoms. The maximum Gasteiger partial charge on any atom is 0.240 e. The molecule has 1 aliphatic rings. The van der Waals surface area contributed by atoms with Gasteiger partial charge in [-0.1, -0.05) is 0 Å². The minimum absolute atomic E-state index is 0.259. The van der Waals surface area contributed by atoms with Crippen molar-refractivity contribution in [3.05, 3.63) is 17.8 Å². The van der Waals surface area contributed by atoms with E-state index in [9.17, 15) is 4.79 Å². The second-order valence-corrected chi connectivity index (χ2v) is 3.29. The number of hydrogen-bond acceptors (Lipinski definition) is 5. The van der Waals surface area contributed by atoms with Crippen molar-refractivity contribution in [2.45, 2.75) is 12.5 Å². The molecule has 2 rings (SSSR count). The van der Waals surface area contributed by atoms with E-state index in [4.69, 9.17) is 11.0 Å². The van der Waals surface area contributed by atoms with Gasteiger partial charge in [0.15, 0.2) is 11.5 Å². The van der Waals surface area contributed by atoms with Crippen LogP contribution in [-0.4, -0.2) is 28.7 Å². The highest BCUT2D eigenvalue weighted by Gasteiger charge is 2.33. The number of rotatable bonds is 2. The molecule has 1 saturated heterocycles. The van der Waals surface area contributed by atoms with Crippen LogP contribution < -0.4 is 10.6 Å². The van der Waals surface area contributed by atoms with E-state index in [1.165, 1.54) is 0 Å². The van der Waals surface area contributed by atoms with E-state index in [0.29, 0.717) is 5.82 Å². The summed E-state index contributed by atoms with van der Waals surface area (Å²) in [5, 5.41) is 16.1. The van der Waals surface area contributed by atoms with E-state index in [-0.39, 0.29) is 17.6 Å². The molecule has 0 aromatic carbocycles. The topological polar surface area (TPSA) is 95.9 Å². The van der Waals surface area contributed by atoms with Crippen LogP contribution in [0.5, 0.6) is 0 Å². The number of nitrogens with two attached hydrogens (primary N) is 1. The summed E-state index contributed by atoms with van der Waals surface area (Å²) in [6.45, 7) is 0.744. The number of hydrogen-bond donors (Lipinski definition) is 1. The Morgan fingerprint density at radius 2 is 2.40 bits per heavy atom. The summed E-state index contributed by atoms with van der Waals surface area (Å²) in [6.07, 6.45) is 0.747. The highest BCUT2D eigenvalue weighted by molar-refractivity contribution is 5.85. The summed E-state index contributed by atoms with van der Waals surface area (Å²) in [5.74, 6) is 0.233. The zero-order valence-corrected chi connectivity index (χ0v) is 7.92. The molecule has 0 spiro atoms. The zero-order valence-electron chi connectivity index (χ0n) is 7.92. The molecule has 1 fully saturated rings. The molecule has 2 N–H and O–H groups in total. The van der Waals surface area contributed by atoms with Gasteiger partial charge in [0.1, 0.15) is 12.1 Å². The molecule has 1 aromatic heterocycles. The second kappa shape index (κ2) is 3.53. The third-order valence-corrected chi connectivity index (χ3v) is 2.41. The normalized spacial score (nSPS) is 19.1. The van der Waals surface area contributed by atoms with Crippen molar-refractivity contribution in [2.24, 2.45) is 5.73 Å². The van der Waals surface area contributed by atoms with Crippen LogP contribution >= 0.6 is 0 Å². The second-order valence-electron chi connectivity index (χ2n) is 3.29. The average Bonchev–Trinajstić information content (AvgIpc) is 2.16. The van der Waals surface area contributed by atoms with Gasteiger partial charge in [0.25, 0.3) is 0 Å². The summed E-state index contributed by atoms with van der Waals surface area (Å²) >= 11 is 0. The third-order valence-electron chi connectivity index (χ3n) is 2.41. The fraction of sp³-hybridized carbons (Fsp3) is 0.333. The molecule has 15 heavy (non-hydrogen) atoms. The third kappa shape index (κ3) is 1.59. The maximum absolute atomic E-state index is 11.0. The van der Waals surface area contributed by atoms with Gasteiger partial charge >= 0.3 is 0 Å². The molecular formula is C9H9N5O. The Balaban J connectivity index is 2.17. The SMILES string of the molecule is N#Cc1ccc(N2CCC2C(N)=O)nn1. The molecule has 1 aliphatic heterocycles. The number of carbonyl (C=O) groups is 1. The van der Waals surface area contributed by atoms with Crippen molar-refractivity contribution < 1.29 is 4.79 Å². The Morgan fingerprint density at radius 1 is 1.60 bits per heavy atom. The highest BCUT2D eigenvalue weighted by atomic mass is 16.1. The van der Waals surface area contributed by atoms with Gasteiger partial charge in [-0.15, -0.1) is 10.2 Å². The molecule has 6 nitrogen and oxygen atoms in total. The molecule has 76 valence electrons. The van der Waals surface area contributed by atoms with Gasteiger partial charge in [-0.2, -0.15) is 5.26 Å². The summed E-state index contributed by atoms with van der Waals surface area (Å²) in [6, 6.07) is 4.83. The first kappa shape index (κ1) is 9.40. The number of carbonyl (C=O) groups excluding carboxylic acids is 1. The van der Waals surface area contributed by atoms with Crippen molar-refractivity contribution in [2.75, 3.05) is 11.4 Å². The van der Waals surface area contributed by atoms with Crippen LogP contribution in [0.2, 0.25) is 0 Å². The standard InChI is InChI=1S/C9H9N5O/c10-5-6-1-2-8(13-12-6)14-4-3-7(14)9(11)15/h1-2,7H,3-4H2,(H2,11,15). The van der Waals surface area contributed by atoms with Crippen molar-refractivity contribution in [1.82, 2.24) is 10.2 Å². The fourth-order valence-corrected chi connectivity index (χ4v) is 1.50. The van der Waals surface area contributed by atoms with E-state index in [2.05, 4.69) is 10.2 Å².